The maximum absolute atomic E-state index is 14.1. The van der Waals surface area contributed by atoms with Gasteiger partial charge in [-0.2, -0.15) is 0 Å². The number of rotatable bonds is 6. The molecule has 0 aliphatic heterocycles. The SMILES string of the molecule is Cc1c(F)cc(C(=O)NC(C(=O)Nc2ccccc2)c2ccccc2)cc1[N+](=O)[O-]. The first-order valence-electron chi connectivity index (χ1n) is 9.03. The molecule has 0 aliphatic carbocycles. The predicted octanol–water partition coefficient (Wildman–Crippen LogP) is 4.15. The summed E-state index contributed by atoms with van der Waals surface area (Å²) in [4.78, 5) is 36.0. The fourth-order valence-corrected chi connectivity index (χ4v) is 2.88. The van der Waals surface area contributed by atoms with Crippen molar-refractivity contribution in [2.24, 2.45) is 0 Å². The quantitative estimate of drug-likeness (QED) is 0.473. The molecule has 2 amide bonds. The van der Waals surface area contributed by atoms with E-state index in [2.05, 4.69) is 10.6 Å². The Morgan fingerprint density at radius 3 is 2.20 bits per heavy atom. The van der Waals surface area contributed by atoms with E-state index in [1.54, 1.807) is 60.7 Å². The van der Waals surface area contributed by atoms with Gasteiger partial charge in [0, 0.05) is 17.3 Å². The standard InChI is InChI=1S/C22H18FN3O4/c1-14-18(23)12-16(13-19(14)26(29)30)21(27)25-20(15-8-4-2-5-9-15)22(28)24-17-10-6-3-7-11-17/h2-13,20H,1H3,(H,24,28)(H,25,27). The largest absolute Gasteiger partial charge is 0.336 e. The lowest BCUT2D eigenvalue weighted by atomic mass is 10.0. The molecule has 30 heavy (non-hydrogen) atoms. The molecule has 0 heterocycles. The Bertz CT molecular complexity index is 1090. The average Bonchev–Trinajstić information content (AvgIpc) is 2.74. The molecule has 0 aliphatic rings. The van der Waals surface area contributed by atoms with Gasteiger partial charge in [0.05, 0.1) is 10.5 Å². The van der Waals surface area contributed by atoms with Crippen LogP contribution in [0.5, 0.6) is 0 Å². The third-order valence-corrected chi connectivity index (χ3v) is 4.49. The van der Waals surface area contributed by atoms with E-state index >= 15 is 0 Å². The summed E-state index contributed by atoms with van der Waals surface area (Å²) in [5, 5.41) is 16.4. The minimum absolute atomic E-state index is 0.169. The number of carbonyl (C=O) groups excluding carboxylic acids is 2. The number of hydrogen-bond acceptors (Lipinski definition) is 4. The summed E-state index contributed by atoms with van der Waals surface area (Å²) in [5.74, 6) is -2.20. The van der Waals surface area contributed by atoms with Crippen LogP contribution in [-0.2, 0) is 4.79 Å². The number of benzene rings is 3. The predicted molar refractivity (Wildman–Crippen MR) is 110 cm³/mol. The molecule has 8 heteroatoms. The van der Waals surface area contributed by atoms with Gasteiger partial charge in [-0.25, -0.2) is 4.39 Å². The fraction of sp³-hybridized carbons (Fsp3) is 0.0909. The van der Waals surface area contributed by atoms with Gasteiger partial charge in [0.15, 0.2) is 0 Å². The molecule has 0 saturated carbocycles. The molecule has 1 unspecified atom stereocenters. The van der Waals surface area contributed by atoms with E-state index in [0.29, 0.717) is 11.3 Å². The molecule has 0 saturated heterocycles. The molecule has 3 rings (SSSR count). The Balaban J connectivity index is 1.91. The first kappa shape index (κ1) is 20.7. The Hall–Kier alpha value is -4.07. The van der Waals surface area contributed by atoms with Gasteiger partial charge in [-0.15, -0.1) is 0 Å². The van der Waals surface area contributed by atoms with Crippen molar-refractivity contribution in [2.45, 2.75) is 13.0 Å². The summed E-state index contributed by atoms with van der Waals surface area (Å²) in [5.41, 5.74) is 0.109. The maximum atomic E-state index is 14.1. The van der Waals surface area contributed by atoms with Gasteiger partial charge in [-0.1, -0.05) is 48.5 Å². The summed E-state index contributed by atoms with van der Waals surface area (Å²) >= 11 is 0. The number of nitro groups is 1. The van der Waals surface area contributed by atoms with E-state index in [0.717, 1.165) is 12.1 Å². The Labute approximate surface area is 171 Å². The van der Waals surface area contributed by atoms with Crippen LogP contribution in [0.1, 0.15) is 27.5 Å². The molecule has 0 fully saturated rings. The molecule has 0 bridgehead atoms. The lowest BCUT2D eigenvalue weighted by Gasteiger charge is -2.19. The third kappa shape index (κ3) is 4.67. The van der Waals surface area contributed by atoms with Crippen LogP contribution in [0.2, 0.25) is 0 Å². The minimum Gasteiger partial charge on any atom is -0.336 e. The molecule has 3 aromatic rings. The van der Waals surface area contributed by atoms with Gasteiger partial charge in [-0.3, -0.25) is 19.7 Å². The van der Waals surface area contributed by atoms with Crippen molar-refractivity contribution in [1.82, 2.24) is 5.32 Å². The van der Waals surface area contributed by atoms with E-state index in [1.165, 1.54) is 6.92 Å². The smallest absolute Gasteiger partial charge is 0.276 e. The van der Waals surface area contributed by atoms with Crippen LogP contribution >= 0.6 is 0 Å². The van der Waals surface area contributed by atoms with E-state index in [1.807, 2.05) is 0 Å². The molecule has 152 valence electrons. The number of nitrogens with one attached hydrogen (secondary N) is 2. The van der Waals surface area contributed by atoms with Gasteiger partial charge in [0.1, 0.15) is 11.9 Å². The van der Waals surface area contributed by atoms with Gasteiger partial charge in [0.2, 0.25) is 0 Å². The second-order valence-electron chi connectivity index (χ2n) is 6.53. The molecule has 7 nitrogen and oxygen atoms in total. The minimum atomic E-state index is -1.10. The van der Waals surface area contributed by atoms with Crippen molar-refractivity contribution in [1.29, 1.82) is 0 Å². The summed E-state index contributed by atoms with van der Waals surface area (Å²) in [6.07, 6.45) is 0. The Morgan fingerprint density at radius 1 is 1.00 bits per heavy atom. The highest BCUT2D eigenvalue weighted by atomic mass is 19.1. The number of halogens is 1. The number of carbonyl (C=O) groups is 2. The zero-order chi connectivity index (χ0) is 21.7. The van der Waals surface area contributed by atoms with Gasteiger partial charge >= 0.3 is 0 Å². The first-order valence-corrected chi connectivity index (χ1v) is 9.03. The van der Waals surface area contributed by atoms with Gasteiger partial charge < -0.3 is 10.6 Å². The summed E-state index contributed by atoms with van der Waals surface area (Å²) in [7, 11) is 0. The Morgan fingerprint density at radius 2 is 1.60 bits per heavy atom. The molecule has 2 N–H and O–H groups in total. The fourth-order valence-electron chi connectivity index (χ4n) is 2.88. The maximum Gasteiger partial charge on any atom is 0.276 e. The van der Waals surface area contributed by atoms with Crippen LogP contribution in [0.4, 0.5) is 15.8 Å². The van der Waals surface area contributed by atoms with Crippen molar-refractivity contribution in [3.05, 3.63) is 105 Å². The lowest BCUT2D eigenvalue weighted by molar-refractivity contribution is -0.385. The van der Waals surface area contributed by atoms with Crippen molar-refractivity contribution < 1.29 is 18.9 Å². The number of nitro benzene ring substituents is 1. The molecule has 0 radical (unpaired) electrons. The van der Waals surface area contributed by atoms with Crippen molar-refractivity contribution >= 4 is 23.2 Å². The first-order chi connectivity index (χ1) is 14.4. The molecule has 0 aromatic heterocycles. The number of anilines is 1. The lowest BCUT2D eigenvalue weighted by Crippen LogP contribution is -2.37. The summed E-state index contributed by atoms with van der Waals surface area (Å²) in [6, 6.07) is 18.0. The highest BCUT2D eigenvalue weighted by molar-refractivity contribution is 6.02. The van der Waals surface area contributed by atoms with Crippen LogP contribution in [0.3, 0.4) is 0 Å². The monoisotopic (exact) mass is 407 g/mol. The van der Waals surface area contributed by atoms with Gasteiger partial charge in [-0.05, 0) is 30.7 Å². The van der Waals surface area contributed by atoms with E-state index in [-0.39, 0.29) is 11.1 Å². The number of hydrogen-bond donors (Lipinski definition) is 2. The molecule has 0 spiro atoms. The molecular formula is C22H18FN3O4. The number of nitrogens with zero attached hydrogens (tertiary/aromatic N) is 1. The molecule has 3 aromatic carbocycles. The summed E-state index contributed by atoms with van der Waals surface area (Å²) < 4.78 is 14.1. The van der Waals surface area contributed by atoms with Gasteiger partial charge in [0.25, 0.3) is 17.5 Å². The van der Waals surface area contributed by atoms with Crippen LogP contribution in [-0.4, -0.2) is 16.7 Å². The number of amides is 2. The highest BCUT2D eigenvalue weighted by Crippen LogP contribution is 2.24. The van der Waals surface area contributed by atoms with Crippen LogP contribution in [0, 0.1) is 22.9 Å². The number of para-hydroxylation sites is 1. The van der Waals surface area contributed by atoms with Crippen LogP contribution in [0.15, 0.2) is 72.8 Å². The summed E-state index contributed by atoms with van der Waals surface area (Å²) in [6.45, 7) is 1.26. The highest BCUT2D eigenvalue weighted by Gasteiger charge is 2.25. The van der Waals surface area contributed by atoms with Crippen LogP contribution in [0.25, 0.3) is 0 Å². The topological polar surface area (TPSA) is 101 Å². The average molecular weight is 407 g/mol. The molecular weight excluding hydrogens is 389 g/mol. The van der Waals surface area contributed by atoms with Crippen molar-refractivity contribution in [3.8, 4) is 0 Å². The van der Waals surface area contributed by atoms with E-state index in [9.17, 15) is 24.1 Å². The van der Waals surface area contributed by atoms with Crippen LogP contribution < -0.4 is 10.6 Å². The normalized spacial score (nSPS) is 11.4. The van der Waals surface area contributed by atoms with E-state index in [4.69, 9.17) is 0 Å². The Kier molecular flexibility index (Phi) is 6.17. The second kappa shape index (κ2) is 8.95. The molecule has 1 atom stereocenters. The second-order valence-corrected chi connectivity index (χ2v) is 6.53. The third-order valence-electron chi connectivity index (χ3n) is 4.49. The zero-order valence-electron chi connectivity index (χ0n) is 16.0. The van der Waals surface area contributed by atoms with E-state index < -0.39 is 34.3 Å². The van der Waals surface area contributed by atoms with Crippen molar-refractivity contribution in [2.75, 3.05) is 5.32 Å². The van der Waals surface area contributed by atoms with Crippen molar-refractivity contribution in [3.63, 3.8) is 0 Å². The zero-order valence-corrected chi connectivity index (χ0v) is 16.0.